The van der Waals surface area contributed by atoms with Gasteiger partial charge in [-0.15, -0.1) is 0 Å². The predicted molar refractivity (Wildman–Crippen MR) is 89.9 cm³/mol. The fourth-order valence-corrected chi connectivity index (χ4v) is 3.26. The molecule has 2 aromatic carbocycles. The molecule has 0 saturated heterocycles. The molecular weight excluding hydrogens is 326 g/mol. The first-order valence-electron chi connectivity index (χ1n) is 7.48. The zero-order valence-corrected chi connectivity index (χ0v) is 13.8. The van der Waals surface area contributed by atoms with Gasteiger partial charge in [-0.25, -0.2) is 0 Å². The number of ether oxygens (including phenoxy) is 1. The molecule has 0 aromatic heterocycles. The lowest BCUT2D eigenvalue weighted by molar-refractivity contribution is 0.477. The first-order chi connectivity index (χ1) is 10.1. The molecule has 0 bridgehead atoms. The highest BCUT2D eigenvalue weighted by atomic mass is 79.9. The molecule has 3 rings (SSSR count). The number of hydrogen-bond acceptors (Lipinski definition) is 2. The molecule has 3 heteroatoms. The maximum Gasteiger partial charge on any atom is 0.141 e. The minimum atomic E-state index is 0.0269. The Kier molecular flexibility index (Phi) is 4.32. The van der Waals surface area contributed by atoms with Gasteiger partial charge in [0.15, 0.2) is 0 Å². The van der Waals surface area contributed by atoms with E-state index in [0.29, 0.717) is 0 Å². The molecule has 1 atom stereocenters. The summed E-state index contributed by atoms with van der Waals surface area (Å²) in [5.41, 5.74) is 9.90. The quantitative estimate of drug-likeness (QED) is 0.835. The van der Waals surface area contributed by atoms with Gasteiger partial charge in [0.2, 0.25) is 0 Å². The van der Waals surface area contributed by atoms with Crippen LogP contribution in [0.1, 0.15) is 42.5 Å². The van der Waals surface area contributed by atoms with Gasteiger partial charge < -0.3 is 10.5 Å². The third kappa shape index (κ3) is 3.30. The molecule has 0 fully saturated rings. The number of hydrogen-bond donors (Lipinski definition) is 1. The molecule has 0 spiro atoms. The van der Waals surface area contributed by atoms with Gasteiger partial charge in [0.05, 0.1) is 4.47 Å². The molecule has 0 saturated carbocycles. The monoisotopic (exact) mass is 345 g/mol. The summed E-state index contributed by atoms with van der Waals surface area (Å²) in [4.78, 5) is 0. The normalized spacial score (nSPS) is 15.4. The van der Waals surface area contributed by atoms with Crippen molar-refractivity contribution in [3.05, 3.63) is 57.6 Å². The van der Waals surface area contributed by atoms with Gasteiger partial charge in [-0.05, 0) is 89.5 Å². The van der Waals surface area contributed by atoms with E-state index >= 15 is 0 Å². The van der Waals surface area contributed by atoms with Gasteiger partial charge in [-0.3, -0.25) is 0 Å². The molecule has 21 heavy (non-hydrogen) atoms. The zero-order chi connectivity index (χ0) is 14.8. The number of halogens is 1. The van der Waals surface area contributed by atoms with Crippen LogP contribution in [0, 0.1) is 0 Å². The first-order valence-corrected chi connectivity index (χ1v) is 8.27. The van der Waals surface area contributed by atoms with Crippen LogP contribution >= 0.6 is 15.9 Å². The summed E-state index contributed by atoms with van der Waals surface area (Å²) in [5.74, 6) is 1.74. The Morgan fingerprint density at radius 2 is 1.81 bits per heavy atom. The Hall–Kier alpha value is -1.32. The molecule has 0 heterocycles. The van der Waals surface area contributed by atoms with Gasteiger partial charge in [0.25, 0.3) is 0 Å². The highest BCUT2D eigenvalue weighted by molar-refractivity contribution is 9.10. The lowest BCUT2D eigenvalue weighted by Gasteiger charge is -2.17. The van der Waals surface area contributed by atoms with Crippen LogP contribution in [0.2, 0.25) is 0 Å². The smallest absolute Gasteiger partial charge is 0.141 e. The maximum atomic E-state index is 6.02. The number of rotatable bonds is 3. The summed E-state index contributed by atoms with van der Waals surface area (Å²) in [6.45, 7) is 1.98. The van der Waals surface area contributed by atoms with Crippen molar-refractivity contribution < 1.29 is 4.74 Å². The summed E-state index contributed by atoms with van der Waals surface area (Å²) in [6.07, 6.45) is 4.94. The molecule has 1 aliphatic carbocycles. The molecule has 0 amide bonds. The Morgan fingerprint density at radius 1 is 1.05 bits per heavy atom. The zero-order valence-electron chi connectivity index (χ0n) is 12.2. The molecule has 2 N–H and O–H groups in total. The van der Waals surface area contributed by atoms with Gasteiger partial charge in [0, 0.05) is 6.04 Å². The van der Waals surface area contributed by atoms with Crippen LogP contribution < -0.4 is 10.5 Å². The average Bonchev–Trinajstić information content (AvgIpc) is 2.49. The van der Waals surface area contributed by atoms with E-state index in [4.69, 9.17) is 10.5 Å². The van der Waals surface area contributed by atoms with Crippen LogP contribution in [0.5, 0.6) is 11.5 Å². The fourth-order valence-electron chi connectivity index (χ4n) is 2.78. The van der Waals surface area contributed by atoms with Crippen molar-refractivity contribution >= 4 is 15.9 Å². The minimum Gasteiger partial charge on any atom is -0.456 e. The summed E-state index contributed by atoms with van der Waals surface area (Å²) >= 11 is 3.57. The fraction of sp³-hybridized carbons (Fsp3) is 0.333. The highest BCUT2D eigenvalue weighted by Crippen LogP contribution is 2.33. The Bertz CT molecular complexity index is 652. The summed E-state index contributed by atoms with van der Waals surface area (Å²) in [6, 6.07) is 12.5. The molecule has 1 aliphatic rings. The van der Waals surface area contributed by atoms with E-state index in [1.165, 1.54) is 30.4 Å². The highest BCUT2D eigenvalue weighted by Gasteiger charge is 2.11. The number of benzene rings is 2. The Morgan fingerprint density at radius 3 is 2.52 bits per heavy atom. The van der Waals surface area contributed by atoms with E-state index in [9.17, 15) is 0 Å². The Labute approximate surface area is 134 Å². The first kappa shape index (κ1) is 14.6. The van der Waals surface area contributed by atoms with Crippen LogP contribution in [0.25, 0.3) is 0 Å². The van der Waals surface area contributed by atoms with Crippen molar-refractivity contribution in [2.75, 3.05) is 0 Å². The molecule has 2 aromatic rings. The van der Waals surface area contributed by atoms with E-state index in [1.54, 1.807) is 0 Å². The van der Waals surface area contributed by atoms with E-state index in [2.05, 4.69) is 34.1 Å². The predicted octanol–water partition coefficient (Wildman–Crippen LogP) is 5.14. The summed E-state index contributed by atoms with van der Waals surface area (Å²) in [5, 5.41) is 0. The lowest BCUT2D eigenvalue weighted by atomic mass is 9.92. The topological polar surface area (TPSA) is 35.2 Å². The van der Waals surface area contributed by atoms with Crippen LogP contribution in [0.4, 0.5) is 0 Å². The third-order valence-corrected chi connectivity index (χ3v) is 4.65. The number of fused-ring (bicyclic) bond motifs is 1. The summed E-state index contributed by atoms with van der Waals surface area (Å²) in [7, 11) is 0. The van der Waals surface area contributed by atoms with E-state index < -0.39 is 0 Å². The number of aryl methyl sites for hydroxylation is 2. The Balaban J connectivity index is 1.83. The van der Waals surface area contributed by atoms with E-state index in [-0.39, 0.29) is 6.04 Å². The minimum absolute atomic E-state index is 0.0269. The van der Waals surface area contributed by atoms with Gasteiger partial charge in [-0.1, -0.05) is 12.1 Å². The lowest BCUT2D eigenvalue weighted by Crippen LogP contribution is -2.05. The molecule has 0 aliphatic heterocycles. The second-order valence-electron chi connectivity index (χ2n) is 5.72. The van der Waals surface area contributed by atoms with Crippen molar-refractivity contribution in [1.29, 1.82) is 0 Å². The summed E-state index contributed by atoms with van der Waals surface area (Å²) < 4.78 is 6.96. The van der Waals surface area contributed by atoms with Gasteiger partial charge in [-0.2, -0.15) is 0 Å². The van der Waals surface area contributed by atoms with Crippen LogP contribution in [0.3, 0.4) is 0 Å². The third-order valence-electron chi connectivity index (χ3n) is 4.03. The van der Waals surface area contributed by atoms with Crippen molar-refractivity contribution in [3.63, 3.8) is 0 Å². The van der Waals surface area contributed by atoms with Crippen molar-refractivity contribution in [3.8, 4) is 11.5 Å². The number of nitrogens with two attached hydrogens (primary N) is 1. The van der Waals surface area contributed by atoms with Crippen LogP contribution in [-0.4, -0.2) is 0 Å². The molecule has 1 unspecified atom stereocenters. The second-order valence-corrected chi connectivity index (χ2v) is 6.57. The second kappa shape index (κ2) is 6.20. The van der Waals surface area contributed by atoms with Crippen LogP contribution in [0.15, 0.2) is 40.9 Å². The van der Waals surface area contributed by atoms with Crippen LogP contribution in [-0.2, 0) is 12.8 Å². The molecule has 110 valence electrons. The standard InChI is InChI=1S/C18H20BrNO/c1-12(20)14-7-9-18(17(19)11-14)21-16-8-6-13-4-2-3-5-15(13)10-16/h6-12H,2-5,20H2,1H3. The largest absolute Gasteiger partial charge is 0.456 e. The molecule has 2 nitrogen and oxygen atoms in total. The van der Waals surface area contributed by atoms with Gasteiger partial charge >= 0.3 is 0 Å². The van der Waals surface area contributed by atoms with Crippen molar-refractivity contribution in [1.82, 2.24) is 0 Å². The van der Waals surface area contributed by atoms with E-state index in [0.717, 1.165) is 28.0 Å². The SMILES string of the molecule is CC(N)c1ccc(Oc2ccc3c(c2)CCCC3)c(Br)c1. The van der Waals surface area contributed by atoms with Crippen molar-refractivity contribution in [2.45, 2.75) is 38.6 Å². The van der Waals surface area contributed by atoms with Gasteiger partial charge in [0.1, 0.15) is 11.5 Å². The maximum absolute atomic E-state index is 6.02. The molecular formula is C18H20BrNO. The average molecular weight is 346 g/mol. The van der Waals surface area contributed by atoms with E-state index in [1.807, 2.05) is 25.1 Å². The molecule has 0 radical (unpaired) electrons. The van der Waals surface area contributed by atoms with Crippen molar-refractivity contribution in [2.24, 2.45) is 5.73 Å².